The summed E-state index contributed by atoms with van der Waals surface area (Å²) in [7, 11) is 1.73. The van der Waals surface area contributed by atoms with Gasteiger partial charge in [0.15, 0.2) is 0 Å². The van der Waals surface area contributed by atoms with Crippen molar-refractivity contribution in [3.05, 3.63) is 35.4 Å². The Labute approximate surface area is 143 Å². The van der Waals surface area contributed by atoms with Crippen LogP contribution in [0.3, 0.4) is 0 Å². The number of methoxy groups -OCH3 is 1. The molecule has 1 saturated heterocycles. The molecule has 0 spiro atoms. The molecule has 1 aromatic carbocycles. The Morgan fingerprint density at radius 1 is 0.875 bits per heavy atom. The van der Waals surface area contributed by atoms with Gasteiger partial charge >= 0.3 is 0 Å². The molecule has 6 nitrogen and oxygen atoms in total. The predicted molar refractivity (Wildman–Crippen MR) is 91.2 cm³/mol. The van der Waals surface area contributed by atoms with E-state index >= 15 is 0 Å². The molecule has 3 rings (SSSR count). The third kappa shape index (κ3) is 3.66. The lowest BCUT2D eigenvalue weighted by Gasteiger charge is -2.34. The van der Waals surface area contributed by atoms with Crippen LogP contribution >= 0.6 is 0 Å². The van der Waals surface area contributed by atoms with E-state index in [1.807, 2.05) is 0 Å². The Morgan fingerprint density at radius 2 is 1.42 bits per heavy atom. The van der Waals surface area contributed by atoms with Gasteiger partial charge in [-0.05, 0) is 25.1 Å². The Hall–Kier alpha value is -1.76. The number of nitrogens with zero attached hydrogens (tertiary/aromatic N) is 3. The summed E-state index contributed by atoms with van der Waals surface area (Å²) in [5, 5.41) is 0. The number of piperazine rings is 1. The van der Waals surface area contributed by atoms with Gasteiger partial charge in [0, 0.05) is 46.4 Å². The highest BCUT2D eigenvalue weighted by Crippen LogP contribution is 2.22. The van der Waals surface area contributed by atoms with E-state index in [-0.39, 0.29) is 11.8 Å². The van der Waals surface area contributed by atoms with Gasteiger partial charge in [-0.25, -0.2) is 0 Å². The maximum absolute atomic E-state index is 12.3. The molecule has 2 aliphatic heterocycles. The Morgan fingerprint density at radius 3 is 1.96 bits per heavy atom. The number of hydrogen-bond donors (Lipinski definition) is 0. The topological polar surface area (TPSA) is 53.1 Å². The first-order valence-corrected chi connectivity index (χ1v) is 8.59. The molecular formula is C18H25N3O3. The molecule has 2 aliphatic rings. The highest BCUT2D eigenvalue weighted by molar-refractivity contribution is 6.21. The van der Waals surface area contributed by atoms with Crippen LogP contribution in [0, 0.1) is 0 Å². The van der Waals surface area contributed by atoms with E-state index in [1.54, 1.807) is 31.4 Å². The second-order valence-corrected chi connectivity index (χ2v) is 6.34. The molecule has 0 saturated carbocycles. The van der Waals surface area contributed by atoms with Crippen LogP contribution < -0.4 is 0 Å². The van der Waals surface area contributed by atoms with Gasteiger partial charge in [0.25, 0.3) is 11.8 Å². The second kappa shape index (κ2) is 7.88. The number of hydrogen-bond acceptors (Lipinski definition) is 5. The standard InChI is InChI=1S/C18H25N3O3/c1-24-14-13-20-11-9-19(10-12-20)7-4-8-21-17(22)15-5-2-3-6-16(15)18(21)23/h2-3,5-6H,4,7-14H2,1H3. The molecule has 0 atom stereocenters. The molecule has 0 aliphatic carbocycles. The molecule has 0 unspecified atom stereocenters. The van der Waals surface area contributed by atoms with E-state index < -0.39 is 0 Å². The molecule has 2 amide bonds. The predicted octanol–water partition coefficient (Wildman–Crippen LogP) is 0.937. The number of ether oxygens (including phenoxy) is 1. The van der Waals surface area contributed by atoms with Crippen LogP contribution in [-0.2, 0) is 4.74 Å². The zero-order chi connectivity index (χ0) is 16.9. The summed E-state index contributed by atoms with van der Waals surface area (Å²) in [4.78, 5) is 30.8. The van der Waals surface area contributed by atoms with E-state index in [0.717, 1.165) is 52.3 Å². The number of amides is 2. The van der Waals surface area contributed by atoms with Crippen LogP contribution in [0.15, 0.2) is 24.3 Å². The summed E-state index contributed by atoms with van der Waals surface area (Å²) in [5.41, 5.74) is 1.07. The monoisotopic (exact) mass is 331 g/mol. The number of carbonyl (C=O) groups excluding carboxylic acids is 2. The average molecular weight is 331 g/mol. The van der Waals surface area contributed by atoms with E-state index in [1.165, 1.54) is 4.90 Å². The fourth-order valence-corrected chi connectivity index (χ4v) is 3.35. The van der Waals surface area contributed by atoms with Crippen molar-refractivity contribution in [3.63, 3.8) is 0 Å². The molecule has 0 bridgehead atoms. The van der Waals surface area contributed by atoms with Crippen LogP contribution in [0.5, 0.6) is 0 Å². The molecule has 0 N–H and O–H groups in total. The highest BCUT2D eigenvalue weighted by Gasteiger charge is 2.34. The molecule has 130 valence electrons. The van der Waals surface area contributed by atoms with Gasteiger partial charge < -0.3 is 9.64 Å². The van der Waals surface area contributed by atoms with Gasteiger partial charge in [0.05, 0.1) is 17.7 Å². The number of fused-ring (bicyclic) bond motifs is 1. The smallest absolute Gasteiger partial charge is 0.261 e. The first-order valence-electron chi connectivity index (χ1n) is 8.59. The summed E-state index contributed by atoms with van der Waals surface area (Å²) in [6.07, 6.45) is 0.823. The first kappa shape index (κ1) is 17.1. The Bertz CT molecular complexity index is 562. The maximum atomic E-state index is 12.3. The van der Waals surface area contributed by atoms with Crippen LogP contribution in [0.25, 0.3) is 0 Å². The summed E-state index contributed by atoms with van der Waals surface area (Å²) in [6.45, 7) is 7.35. The third-order valence-corrected chi connectivity index (χ3v) is 4.81. The quantitative estimate of drug-likeness (QED) is 0.696. The van der Waals surface area contributed by atoms with E-state index in [0.29, 0.717) is 17.7 Å². The third-order valence-electron chi connectivity index (χ3n) is 4.81. The molecule has 1 fully saturated rings. The van der Waals surface area contributed by atoms with E-state index in [2.05, 4.69) is 9.80 Å². The second-order valence-electron chi connectivity index (χ2n) is 6.34. The summed E-state index contributed by atoms with van der Waals surface area (Å²) >= 11 is 0. The van der Waals surface area contributed by atoms with Crippen LogP contribution in [0.1, 0.15) is 27.1 Å². The molecule has 6 heteroatoms. The fraction of sp³-hybridized carbons (Fsp3) is 0.556. The average Bonchev–Trinajstić information content (AvgIpc) is 2.86. The zero-order valence-corrected chi connectivity index (χ0v) is 14.2. The molecular weight excluding hydrogens is 306 g/mol. The maximum Gasteiger partial charge on any atom is 0.261 e. The minimum Gasteiger partial charge on any atom is -0.383 e. The Balaban J connectivity index is 1.42. The number of rotatable bonds is 7. The summed E-state index contributed by atoms with van der Waals surface area (Å²) in [6, 6.07) is 7.07. The van der Waals surface area contributed by atoms with Crippen molar-refractivity contribution in [2.75, 3.05) is 59.5 Å². The Kier molecular flexibility index (Phi) is 5.60. The lowest BCUT2D eigenvalue weighted by molar-refractivity contribution is 0.0637. The summed E-state index contributed by atoms with van der Waals surface area (Å²) in [5.74, 6) is -0.306. The van der Waals surface area contributed by atoms with Crippen molar-refractivity contribution in [1.82, 2.24) is 14.7 Å². The molecule has 1 aromatic rings. The van der Waals surface area contributed by atoms with Gasteiger partial charge in [0.2, 0.25) is 0 Å². The van der Waals surface area contributed by atoms with Crippen molar-refractivity contribution in [3.8, 4) is 0 Å². The van der Waals surface area contributed by atoms with Crippen molar-refractivity contribution in [1.29, 1.82) is 0 Å². The van der Waals surface area contributed by atoms with Gasteiger partial charge in [-0.15, -0.1) is 0 Å². The molecule has 24 heavy (non-hydrogen) atoms. The largest absolute Gasteiger partial charge is 0.383 e. The first-order chi connectivity index (χ1) is 11.7. The van der Waals surface area contributed by atoms with Crippen molar-refractivity contribution >= 4 is 11.8 Å². The SMILES string of the molecule is COCCN1CCN(CCCN2C(=O)c3ccccc3C2=O)CC1. The molecule has 2 heterocycles. The normalized spacial score (nSPS) is 19.1. The van der Waals surface area contributed by atoms with Gasteiger partial charge in [-0.2, -0.15) is 0 Å². The number of imide groups is 1. The molecule has 0 radical (unpaired) electrons. The lowest BCUT2D eigenvalue weighted by atomic mass is 10.1. The fourth-order valence-electron chi connectivity index (χ4n) is 3.35. The number of carbonyl (C=O) groups is 2. The van der Waals surface area contributed by atoms with Crippen LogP contribution in [-0.4, -0.2) is 86.0 Å². The van der Waals surface area contributed by atoms with E-state index in [9.17, 15) is 9.59 Å². The summed E-state index contributed by atoms with van der Waals surface area (Å²) < 4.78 is 5.12. The van der Waals surface area contributed by atoms with Crippen molar-refractivity contribution < 1.29 is 14.3 Å². The lowest BCUT2D eigenvalue weighted by Crippen LogP contribution is -2.47. The molecule has 0 aromatic heterocycles. The highest BCUT2D eigenvalue weighted by atomic mass is 16.5. The van der Waals surface area contributed by atoms with Gasteiger partial charge in [-0.3, -0.25) is 19.4 Å². The van der Waals surface area contributed by atoms with Crippen molar-refractivity contribution in [2.45, 2.75) is 6.42 Å². The zero-order valence-electron chi connectivity index (χ0n) is 14.2. The minimum absolute atomic E-state index is 0.153. The van der Waals surface area contributed by atoms with Gasteiger partial charge in [-0.1, -0.05) is 12.1 Å². The van der Waals surface area contributed by atoms with Crippen LogP contribution in [0.2, 0.25) is 0 Å². The number of benzene rings is 1. The minimum atomic E-state index is -0.153. The van der Waals surface area contributed by atoms with E-state index in [4.69, 9.17) is 4.74 Å². The van der Waals surface area contributed by atoms with Crippen molar-refractivity contribution in [2.24, 2.45) is 0 Å². The van der Waals surface area contributed by atoms with Crippen LogP contribution in [0.4, 0.5) is 0 Å². The van der Waals surface area contributed by atoms with Gasteiger partial charge in [0.1, 0.15) is 0 Å².